The van der Waals surface area contributed by atoms with E-state index in [2.05, 4.69) is 24.5 Å². The van der Waals surface area contributed by atoms with Crippen molar-refractivity contribution in [3.8, 4) is 0 Å². The molecule has 0 heterocycles. The standard InChI is InChI=1S/C6H13NS/c1-5(2)6(4-8)7-3/h6-8H,1,4H2,2-3H3. The molecule has 0 aromatic carbocycles. The zero-order chi connectivity index (χ0) is 6.57. The molecule has 0 radical (unpaired) electrons. The van der Waals surface area contributed by atoms with Crippen LogP contribution in [0.1, 0.15) is 6.92 Å². The molecule has 0 saturated heterocycles. The van der Waals surface area contributed by atoms with Gasteiger partial charge in [-0.25, -0.2) is 0 Å². The lowest BCUT2D eigenvalue weighted by Crippen LogP contribution is -2.27. The van der Waals surface area contributed by atoms with Gasteiger partial charge in [0.2, 0.25) is 0 Å². The fourth-order valence-electron chi connectivity index (χ4n) is 0.494. The molecule has 0 bridgehead atoms. The van der Waals surface area contributed by atoms with Crippen molar-refractivity contribution in [3.05, 3.63) is 12.2 Å². The Morgan fingerprint density at radius 1 is 1.88 bits per heavy atom. The van der Waals surface area contributed by atoms with Crippen molar-refractivity contribution in [1.29, 1.82) is 0 Å². The Hall–Kier alpha value is 0.0500. The molecule has 0 saturated carbocycles. The van der Waals surface area contributed by atoms with Gasteiger partial charge in [-0.05, 0) is 14.0 Å². The Kier molecular flexibility index (Phi) is 4.01. The second kappa shape index (κ2) is 3.98. The second-order valence-electron chi connectivity index (χ2n) is 1.87. The molecule has 1 nitrogen and oxygen atoms in total. The molecule has 1 unspecified atom stereocenters. The van der Waals surface area contributed by atoms with Crippen LogP contribution in [0.3, 0.4) is 0 Å². The van der Waals surface area contributed by atoms with E-state index in [-0.39, 0.29) is 0 Å². The quantitative estimate of drug-likeness (QED) is 0.431. The summed E-state index contributed by atoms with van der Waals surface area (Å²) in [5.74, 6) is 0.825. The first-order chi connectivity index (χ1) is 3.72. The van der Waals surface area contributed by atoms with Crippen molar-refractivity contribution in [2.75, 3.05) is 12.8 Å². The number of hydrogen-bond donors (Lipinski definition) is 2. The maximum absolute atomic E-state index is 4.11. The van der Waals surface area contributed by atoms with Crippen LogP contribution >= 0.6 is 12.6 Å². The van der Waals surface area contributed by atoms with Crippen LogP contribution in [0.4, 0.5) is 0 Å². The van der Waals surface area contributed by atoms with Crippen LogP contribution in [0.25, 0.3) is 0 Å². The summed E-state index contributed by atoms with van der Waals surface area (Å²) in [5, 5.41) is 3.08. The summed E-state index contributed by atoms with van der Waals surface area (Å²) in [4.78, 5) is 0. The van der Waals surface area contributed by atoms with E-state index in [4.69, 9.17) is 0 Å². The van der Waals surface area contributed by atoms with E-state index in [1.807, 2.05) is 14.0 Å². The first-order valence-corrected chi connectivity index (χ1v) is 3.29. The molecule has 0 rings (SSSR count). The lowest BCUT2D eigenvalue weighted by Gasteiger charge is -2.11. The molecule has 0 spiro atoms. The fraction of sp³-hybridized carbons (Fsp3) is 0.667. The average Bonchev–Trinajstić information content (AvgIpc) is 1.69. The number of rotatable bonds is 3. The molecule has 0 amide bonds. The molecule has 0 aromatic heterocycles. The van der Waals surface area contributed by atoms with Crippen LogP contribution < -0.4 is 5.32 Å². The molecule has 0 aliphatic carbocycles. The highest BCUT2D eigenvalue weighted by Crippen LogP contribution is 1.97. The van der Waals surface area contributed by atoms with Crippen molar-refractivity contribution in [2.45, 2.75) is 13.0 Å². The Morgan fingerprint density at radius 2 is 2.38 bits per heavy atom. The first-order valence-electron chi connectivity index (χ1n) is 2.66. The predicted octanol–water partition coefficient (Wildman–Crippen LogP) is 1.08. The summed E-state index contributed by atoms with van der Waals surface area (Å²) >= 11 is 4.11. The van der Waals surface area contributed by atoms with Gasteiger partial charge in [0.25, 0.3) is 0 Å². The molecule has 0 aromatic rings. The maximum atomic E-state index is 4.11. The topological polar surface area (TPSA) is 12.0 Å². The van der Waals surface area contributed by atoms with Gasteiger partial charge in [0, 0.05) is 11.8 Å². The van der Waals surface area contributed by atoms with Gasteiger partial charge in [0.15, 0.2) is 0 Å². The van der Waals surface area contributed by atoms with Crippen molar-refractivity contribution >= 4 is 12.6 Å². The fourth-order valence-corrected chi connectivity index (χ4v) is 0.988. The molecule has 1 N–H and O–H groups in total. The van der Waals surface area contributed by atoms with Crippen LogP contribution in [-0.4, -0.2) is 18.8 Å². The molecular weight excluding hydrogens is 118 g/mol. The second-order valence-corrected chi connectivity index (χ2v) is 2.24. The average molecular weight is 131 g/mol. The third-order valence-corrected chi connectivity index (χ3v) is 1.49. The molecule has 1 atom stereocenters. The van der Waals surface area contributed by atoms with Crippen molar-refractivity contribution in [1.82, 2.24) is 5.32 Å². The van der Waals surface area contributed by atoms with Crippen molar-refractivity contribution in [2.24, 2.45) is 0 Å². The van der Waals surface area contributed by atoms with Gasteiger partial charge in [-0.15, -0.1) is 0 Å². The maximum Gasteiger partial charge on any atom is 0.0360 e. The van der Waals surface area contributed by atoms with Gasteiger partial charge in [0.05, 0.1) is 0 Å². The third kappa shape index (κ3) is 2.38. The van der Waals surface area contributed by atoms with E-state index in [1.165, 1.54) is 0 Å². The van der Waals surface area contributed by atoms with E-state index in [1.54, 1.807) is 0 Å². The molecule has 0 fully saturated rings. The highest BCUT2D eigenvalue weighted by atomic mass is 32.1. The highest BCUT2D eigenvalue weighted by Gasteiger charge is 2.00. The molecule has 0 aliphatic rings. The van der Waals surface area contributed by atoms with Gasteiger partial charge in [-0.1, -0.05) is 12.2 Å². The van der Waals surface area contributed by atoms with E-state index >= 15 is 0 Å². The monoisotopic (exact) mass is 131 g/mol. The molecule has 0 aliphatic heterocycles. The first kappa shape index (κ1) is 8.05. The Bertz CT molecular complexity index is 76.6. The largest absolute Gasteiger partial charge is 0.313 e. The zero-order valence-corrected chi connectivity index (χ0v) is 6.33. The normalized spacial score (nSPS) is 13.4. The summed E-state index contributed by atoms with van der Waals surface area (Å²) in [7, 11) is 1.91. The molecule has 8 heavy (non-hydrogen) atoms. The summed E-state index contributed by atoms with van der Waals surface area (Å²) in [6.45, 7) is 5.78. The predicted molar refractivity (Wildman–Crippen MR) is 41.5 cm³/mol. The van der Waals surface area contributed by atoms with Crippen LogP contribution in [0.5, 0.6) is 0 Å². The van der Waals surface area contributed by atoms with Crippen molar-refractivity contribution in [3.63, 3.8) is 0 Å². The van der Waals surface area contributed by atoms with Crippen LogP contribution in [0.15, 0.2) is 12.2 Å². The van der Waals surface area contributed by atoms with Crippen LogP contribution in [-0.2, 0) is 0 Å². The lowest BCUT2D eigenvalue weighted by molar-refractivity contribution is 0.705. The van der Waals surface area contributed by atoms with Gasteiger partial charge in [-0.3, -0.25) is 0 Å². The van der Waals surface area contributed by atoms with Gasteiger partial charge >= 0.3 is 0 Å². The summed E-state index contributed by atoms with van der Waals surface area (Å²) < 4.78 is 0. The summed E-state index contributed by atoms with van der Waals surface area (Å²) in [5.41, 5.74) is 1.14. The van der Waals surface area contributed by atoms with E-state index in [0.29, 0.717) is 6.04 Å². The van der Waals surface area contributed by atoms with Gasteiger partial charge in [0.1, 0.15) is 0 Å². The smallest absolute Gasteiger partial charge is 0.0360 e. The van der Waals surface area contributed by atoms with Crippen molar-refractivity contribution < 1.29 is 0 Å². The van der Waals surface area contributed by atoms with Gasteiger partial charge < -0.3 is 5.32 Å². The molecular formula is C6H13NS. The SMILES string of the molecule is C=C(C)C(CS)NC. The minimum Gasteiger partial charge on any atom is -0.313 e. The van der Waals surface area contributed by atoms with Gasteiger partial charge in [-0.2, -0.15) is 12.6 Å². The van der Waals surface area contributed by atoms with E-state index < -0.39 is 0 Å². The molecule has 48 valence electrons. The molecule has 2 heteroatoms. The summed E-state index contributed by atoms with van der Waals surface area (Å²) in [6, 6.07) is 0.373. The van der Waals surface area contributed by atoms with Crippen LogP contribution in [0.2, 0.25) is 0 Å². The number of nitrogens with one attached hydrogen (secondary N) is 1. The number of hydrogen-bond acceptors (Lipinski definition) is 2. The minimum absolute atomic E-state index is 0.373. The highest BCUT2D eigenvalue weighted by molar-refractivity contribution is 7.80. The Morgan fingerprint density at radius 3 is 2.38 bits per heavy atom. The minimum atomic E-state index is 0.373. The van der Waals surface area contributed by atoms with Crippen LogP contribution in [0, 0.1) is 0 Å². The number of likely N-dealkylation sites (N-methyl/N-ethyl adjacent to an activating group) is 1. The number of thiol groups is 1. The lowest BCUT2D eigenvalue weighted by atomic mass is 10.2. The Balaban J connectivity index is 3.52. The van der Waals surface area contributed by atoms with E-state index in [0.717, 1.165) is 11.3 Å². The third-order valence-electron chi connectivity index (χ3n) is 1.13. The van der Waals surface area contributed by atoms with E-state index in [9.17, 15) is 0 Å². The zero-order valence-electron chi connectivity index (χ0n) is 5.44. The Labute approximate surface area is 56.6 Å². The summed E-state index contributed by atoms with van der Waals surface area (Å²) in [6.07, 6.45) is 0.